The molecule has 7 nitrogen and oxygen atoms in total. The van der Waals surface area contributed by atoms with Gasteiger partial charge in [-0.1, -0.05) is 29.8 Å². The summed E-state index contributed by atoms with van der Waals surface area (Å²) < 4.78 is 31.5. The van der Waals surface area contributed by atoms with Crippen LogP contribution >= 0.6 is 0 Å². The Bertz CT molecular complexity index is 1260. The van der Waals surface area contributed by atoms with Gasteiger partial charge in [0.05, 0.1) is 29.5 Å². The normalized spacial score (nSPS) is 18.0. The predicted molar refractivity (Wildman–Crippen MR) is 138 cm³/mol. The lowest BCUT2D eigenvalue weighted by Crippen LogP contribution is -2.35. The van der Waals surface area contributed by atoms with Gasteiger partial charge in [-0.25, -0.2) is 9.20 Å². The molecule has 1 aliphatic heterocycles. The second-order valence-electron chi connectivity index (χ2n) is 8.44. The maximum absolute atomic E-state index is 12.9. The molecule has 1 amide bonds. The monoisotopic (exact) mass is 479 g/mol. The number of nitrogens with one attached hydrogen (secondary N) is 1. The van der Waals surface area contributed by atoms with Crippen LogP contribution in [0.4, 0.5) is 5.69 Å². The minimum atomic E-state index is -3.50. The van der Waals surface area contributed by atoms with E-state index in [0.717, 1.165) is 49.5 Å². The van der Waals surface area contributed by atoms with Gasteiger partial charge in [-0.05, 0) is 67.5 Å². The van der Waals surface area contributed by atoms with Crippen molar-refractivity contribution in [1.82, 2.24) is 4.90 Å². The number of nitrogens with zero attached hydrogens (tertiary/aromatic N) is 2. The van der Waals surface area contributed by atoms with E-state index >= 15 is 0 Å². The summed E-state index contributed by atoms with van der Waals surface area (Å²) >= 11 is 0. The van der Waals surface area contributed by atoms with Crippen LogP contribution in [-0.2, 0) is 21.3 Å². The Morgan fingerprint density at radius 3 is 2.38 bits per heavy atom. The summed E-state index contributed by atoms with van der Waals surface area (Å²) in [4.78, 5) is 19.3. The van der Waals surface area contributed by atoms with E-state index in [-0.39, 0.29) is 10.8 Å². The van der Waals surface area contributed by atoms with Gasteiger partial charge in [0.1, 0.15) is 0 Å². The number of benzene rings is 2. The lowest BCUT2D eigenvalue weighted by Gasteiger charge is -2.26. The molecule has 1 saturated heterocycles. The van der Waals surface area contributed by atoms with E-state index in [1.165, 1.54) is 12.2 Å². The average Bonchev–Trinajstić information content (AvgIpc) is 2.82. The first-order chi connectivity index (χ1) is 16.3. The van der Waals surface area contributed by atoms with Crippen molar-refractivity contribution in [3.63, 3.8) is 0 Å². The molecule has 34 heavy (non-hydrogen) atoms. The van der Waals surface area contributed by atoms with E-state index in [9.17, 15) is 13.6 Å². The van der Waals surface area contributed by atoms with Gasteiger partial charge >= 0.3 is 0 Å². The number of amides is 1. The van der Waals surface area contributed by atoms with E-state index in [0.29, 0.717) is 17.0 Å². The topological polar surface area (TPSA) is 91.2 Å². The van der Waals surface area contributed by atoms with E-state index in [1.54, 1.807) is 30.4 Å². The summed E-state index contributed by atoms with van der Waals surface area (Å²) in [5, 5.41) is 0. The van der Waals surface area contributed by atoms with Gasteiger partial charge in [-0.2, -0.15) is 0 Å². The molecule has 1 heterocycles. The molecular weight excluding hydrogens is 450 g/mol. The Balaban J connectivity index is 1.42. The number of morpholine rings is 1. The lowest BCUT2D eigenvalue weighted by atomic mass is 10.1. The second kappa shape index (κ2) is 10.5. The second-order valence-corrected chi connectivity index (χ2v) is 10.2. The number of allylic oxidation sites excluding steroid dienone is 4. The van der Waals surface area contributed by atoms with Crippen LogP contribution in [0.2, 0.25) is 0 Å². The van der Waals surface area contributed by atoms with Crippen LogP contribution in [0.5, 0.6) is 0 Å². The zero-order chi connectivity index (χ0) is 24.1. The number of aryl methyl sites for hydroxylation is 2. The van der Waals surface area contributed by atoms with Crippen molar-refractivity contribution in [2.24, 2.45) is 4.99 Å². The van der Waals surface area contributed by atoms with Gasteiger partial charge in [0.15, 0.2) is 9.99 Å². The molecule has 0 saturated carbocycles. The summed E-state index contributed by atoms with van der Waals surface area (Å²) in [6.07, 6.45) is 6.16. The van der Waals surface area contributed by atoms with Crippen molar-refractivity contribution in [2.45, 2.75) is 20.4 Å². The summed E-state index contributed by atoms with van der Waals surface area (Å²) in [6, 6.07) is 13.1. The highest BCUT2D eigenvalue weighted by Gasteiger charge is 2.14. The van der Waals surface area contributed by atoms with Gasteiger partial charge in [0.25, 0.3) is 5.91 Å². The highest BCUT2D eigenvalue weighted by atomic mass is 32.2. The van der Waals surface area contributed by atoms with Crippen LogP contribution in [0.3, 0.4) is 0 Å². The third-order valence-electron chi connectivity index (χ3n) is 5.73. The van der Waals surface area contributed by atoms with Crippen molar-refractivity contribution < 1.29 is 18.3 Å². The van der Waals surface area contributed by atoms with Crippen molar-refractivity contribution in [3.05, 3.63) is 89.0 Å². The molecule has 2 aromatic rings. The highest BCUT2D eigenvalue weighted by Crippen LogP contribution is 2.18. The summed E-state index contributed by atoms with van der Waals surface area (Å²) in [5.74, 6) is -0.358. The van der Waals surface area contributed by atoms with E-state index in [4.69, 9.17) is 4.74 Å². The molecule has 1 fully saturated rings. The fourth-order valence-electron chi connectivity index (χ4n) is 3.79. The first kappa shape index (κ1) is 24.1. The minimum Gasteiger partial charge on any atom is -0.379 e. The highest BCUT2D eigenvalue weighted by molar-refractivity contribution is 7.99. The molecule has 178 valence electrons. The largest absolute Gasteiger partial charge is 0.379 e. The van der Waals surface area contributed by atoms with E-state index in [2.05, 4.69) is 14.6 Å². The van der Waals surface area contributed by atoms with Crippen molar-refractivity contribution >= 4 is 32.2 Å². The molecule has 2 N–H and O–H groups in total. The Hall–Kier alpha value is -3.04. The predicted octanol–water partition coefficient (Wildman–Crippen LogP) is 3.80. The Morgan fingerprint density at radius 2 is 1.74 bits per heavy atom. The number of carbonyl (C=O) groups is 1. The molecule has 8 heteroatoms. The van der Waals surface area contributed by atoms with Crippen molar-refractivity contribution in [2.75, 3.05) is 31.0 Å². The summed E-state index contributed by atoms with van der Waals surface area (Å²) in [6.45, 7) is 8.00. The van der Waals surface area contributed by atoms with Gasteiger partial charge in [-0.15, -0.1) is 0 Å². The number of ether oxygens (including phenoxy) is 1. The van der Waals surface area contributed by atoms with Gasteiger partial charge < -0.3 is 4.74 Å². The zero-order valence-electron chi connectivity index (χ0n) is 19.4. The number of hydrogen-bond donors (Lipinski definition) is 2. The molecule has 1 unspecified atom stereocenters. The number of aliphatic imine (C=N–C) groups is 1. The third kappa shape index (κ3) is 6.09. The molecule has 2 aliphatic rings. The quantitative estimate of drug-likeness (QED) is 0.637. The maximum atomic E-state index is 12.9. The van der Waals surface area contributed by atoms with Gasteiger partial charge in [0, 0.05) is 25.2 Å². The van der Waals surface area contributed by atoms with E-state index < -0.39 is 9.99 Å². The Kier molecular flexibility index (Phi) is 7.43. The standard InChI is InChI=1S/C26H29N3O4S/c1-19-3-12-25(20(2)17-19)28-34(31,32)24-10-8-23(9-11-24)27-26(30)22-6-4-21(5-7-22)18-29-13-15-33-16-14-29/h3-12,17H,13-16,18H2,1-2H3,(H2,28,31,32). The Morgan fingerprint density at radius 1 is 1.06 bits per heavy atom. The molecular formula is C26H29N3O4S. The van der Waals surface area contributed by atoms with Crippen LogP contribution in [0.1, 0.15) is 27.0 Å². The first-order valence-corrected chi connectivity index (χ1v) is 12.7. The molecule has 0 radical (unpaired) electrons. The van der Waals surface area contributed by atoms with Crippen molar-refractivity contribution in [1.29, 1.82) is 0 Å². The zero-order valence-corrected chi connectivity index (χ0v) is 20.2. The smallest absolute Gasteiger partial charge is 0.277 e. The number of carbonyl (C=O) groups excluding carboxylic acids is 1. The molecule has 0 bridgehead atoms. The number of anilines is 1. The first-order valence-electron chi connectivity index (χ1n) is 11.2. The number of hydrogen-bond acceptors (Lipinski definition) is 4. The van der Waals surface area contributed by atoms with Crippen LogP contribution in [0.25, 0.3) is 0 Å². The average molecular weight is 480 g/mol. The van der Waals surface area contributed by atoms with Gasteiger partial charge in [0.2, 0.25) is 0 Å². The van der Waals surface area contributed by atoms with Crippen molar-refractivity contribution in [3.8, 4) is 0 Å². The lowest BCUT2D eigenvalue weighted by molar-refractivity contribution is 0.0342. The molecule has 2 aromatic carbocycles. The summed E-state index contributed by atoms with van der Waals surface area (Å²) in [7, 11) is -3.50. The van der Waals surface area contributed by atoms with Crippen LogP contribution in [-0.4, -0.2) is 56.4 Å². The van der Waals surface area contributed by atoms with E-state index in [1.807, 2.05) is 38.1 Å². The number of rotatable bonds is 5. The fourth-order valence-corrected chi connectivity index (χ4v) is 4.94. The summed E-state index contributed by atoms with van der Waals surface area (Å²) in [5.41, 5.74) is 4.62. The minimum absolute atomic E-state index is 0.214. The molecule has 1 atom stereocenters. The molecule has 0 spiro atoms. The third-order valence-corrected chi connectivity index (χ3v) is 7.14. The Labute approximate surface area is 200 Å². The SMILES string of the molecule is Cc1ccc(NS(=O)(O)=C2C=CC(=NC(=O)c3ccc(CN4CCOCC4)cc3)C=C2)c(C)c1. The maximum Gasteiger partial charge on any atom is 0.277 e. The van der Waals surface area contributed by atoms with Gasteiger partial charge in [-0.3, -0.25) is 19.0 Å². The fraction of sp³-hybridized carbons (Fsp3) is 0.269. The van der Waals surface area contributed by atoms with Crippen LogP contribution in [0.15, 0.2) is 71.8 Å². The van der Waals surface area contributed by atoms with Crippen LogP contribution < -0.4 is 4.72 Å². The van der Waals surface area contributed by atoms with Crippen LogP contribution in [0, 0.1) is 13.8 Å². The molecule has 1 aliphatic carbocycles. The molecule has 0 aromatic heterocycles. The molecule has 4 rings (SSSR count).